The van der Waals surface area contributed by atoms with Gasteiger partial charge < -0.3 is 25.8 Å². The van der Waals surface area contributed by atoms with E-state index in [4.69, 9.17) is 16.7 Å². The van der Waals surface area contributed by atoms with Crippen molar-refractivity contribution in [1.82, 2.24) is 5.43 Å². The van der Waals surface area contributed by atoms with E-state index < -0.39 is 36.6 Å². The lowest BCUT2D eigenvalue weighted by molar-refractivity contribution is -0.252. The van der Waals surface area contributed by atoms with Crippen LogP contribution in [0.25, 0.3) is 0 Å². The van der Waals surface area contributed by atoms with Crippen LogP contribution in [0.5, 0.6) is 0 Å². The van der Waals surface area contributed by atoms with Crippen LogP contribution in [0, 0.1) is 0 Å². The Labute approximate surface area is 79.4 Å². The fourth-order valence-corrected chi connectivity index (χ4v) is 1.31. The highest BCUT2D eigenvalue weighted by molar-refractivity contribution is 5.80. The monoisotopic (exact) mass is 207 g/mol. The Morgan fingerprint density at radius 3 is 2.29 bits per heavy atom. The summed E-state index contributed by atoms with van der Waals surface area (Å²) in [5.74, 6) is 4.15. The lowest BCUT2D eigenvalue weighted by Gasteiger charge is -2.38. The Morgan fingerprint density at radius 2 is 1.86 bits per heavy atom. The number of hydrogen-bond acceptors (Lipinski definition) is 7. The molecule has 5 unspecified atom stereocenters. The van der Waals surface area contributed by atoms with E-state index in [1.807, 2.05) is 0 Å². The van der Waals surface area contributed by atoms with Crippen molar-refractivity contribution in [3.63, 3.8) is 0 Å². The second-order valence-corrected chi connectivity index (χ2v) is 3.02. The van der Waals surface area contributed by atoms with Crippen LogP contribution in [0.3, 0.4) is 0 Å². The van der Waals surface area contributed by atoms with Crippen LogP contribution in [0.1, 0.15) is 0 Å². The molecule has 5 atom stereocenters. The van der Waals surface area contributed by atoms with E-state index in [0.29, 0.717) is 0 Å². The number of carbonyl (C=O) groups excluding carboxylic acids is 1. The number of carbonyl (C=O) groups is 1. The van der Waals surface area contributed by atoms with E-state index >= 15 is 0 Å². The SMILES string of the molecule is NNC1C(C(N)=O)OC(O)C(O)C1O. The first-order valence-electron chi connectivity index (χ1n) is 3.94. The smallest absolute Gasteiger partial charge is 0.248 e. The molecule has 0 aromatic carbocycles. The maximum absolute atomic E-state index is 10.8. The molecule has 0 spiro atoms. The molecule has 1 heterocycles. The minimum atomic E-state index is -1.66. The van der Waals surface area contributed by atoms with Gasteiger partial charge in [0.05, 0.1) is 6.04 Å². The zero-order valence-corrected chi connectivity index (χ0v) is 7.20. The van der Waals surface area contributed by atoms with Gasteiger partial charge in [-0.3, -0.25) is 16.1 Å². The number of amides is 1. The summed E-state index contributed by atoms with van der Waals surface area (Å²) < 4.78 is 4.66. The number of hydrogen-bond donors (Lipinski definition) is 6. The molecule has 8 nitrogen and oxygen atoms in total. The highest BCUT2D eigenvalue weighted by Gasteiger charge is 2.45. The molecule has 0 aromatic rings. The quantitative estimate of drug-likeness (QED) is 0.198. The van der Waals surface area contributed by atoms with Gasteiger partial charge in [0.1, 0.15) is 12.2 Å². The number of nitrogens with one attached hydrogen (secondary N) is 1. The molecule has 14 heavy (non-hydrogen) atoms. The van der Waals surface area contributed by atoms with E-state index in [1.54, 1.807) is 0 Å². The predicted molar refractivity (Wildman–Crippen MR) is 43.2 cm³/mol. The fraction of sp³-hybridized carbons (Fsp3) is 0.833. The standard InChI is InChI=1S/C6H13N3O5/c7-5(12)4-1(9-8)2(10)3(11)6(13)14-4/h1-4,6,9-11,13H,8H2,(H2,7,12). The van der Waals surface area contributed by atoms with Crippen molar-refractivity contribution in [3.8, 4) is 0 Å². The van der Waals surface area contributed by atoms with Gasteiger partial charge in [0.15, 0.2) is 12.4 Å². The molecular formula is C6H13N3O5. The zero-order chi connectivity index (χ0) is 10.9. The van der Waals surface area contributed by atoms with Gasteiger partial charge in [0, 0.05) is 0 Å². The number of hydrazine groups is 1. The molecule has 0 saturated carbocycles. The molecule has 1 saturated heterocycles. The van der Waals surface area contributed by atoms with E-state index in [9.17, 15) is 15.0 Å². The van der Waals surface area contributed by atoms with Gasteiger partial charge in [0.2, 0.25) is 5.91 Å². The van der Waals surface area contributed by atoms with Gasteiger partial charge in [-0.1, -0.05) is 0 Å². The molecule has 1 rings (SSSR count). The highest BCUT2D eigenvalue weighted by Crippen LogP contribution is 2.18. The maximum Gasteiger partial charge on any atom is 0.248 e. The Bertz CT molecular complexity index is 226. The molecule has 1 aliphatic rings. The molecule has 8 heteroatoms. The third kappa shape index (κ3) is 1.85. The molecule has 82 valence electrons. The van der Waals surface area contributed by atoms with Crippen LogP contribution in [0.2, 0.25) is 0 Å². The van der Waals surface area contributed by atoms with Crippen molar-refractivity contribution >= 4 is 5.91 Å². The molecular weight excluding hydrogens is 194 g/mol. The van der Waals surface area contributed by atoms with Gasteiger partial charge in [0.25, 0.3) is 0 Å². The average Bonchev–Trinajstić information content (AvgIpc) is 2.13. The molecule has 1 amide bonds. The van der Waals surface area contributed by atoms with E-state index in [1.165, 1.54) is 0 Å². The van der Waals surface area contributed by atoms with Crippen molar-refractivity contribution in [1.29, 1.82) is 0 Å². The lowest BCUT2D eigenvalue weighted by atomic mass is 9.96. The number of ether oxygens (including phenoxy) is 1. The first kappa shape index (κ1) is 11.3. The van der Waals surface area contributed by atoms with Gasteiger partial charge in [-0.2, -0.15) is 0 Å². The van der Waals surface area contributed by atoms with Crippen molar-refractivity contribution in [2.24, 2.45) is 11.6 Å². The summed E-state index contributed by atoms with van der Waals surface area (Å²) in [6.45, 7) is 0. The summed E-state index contributed by atoms with van der Waals surface area (Å²) in [7, 11) is 0. The summed E-state index contributed by atoms with van der Waals surface area (Å²) in [4.78, 5) is 10.8. The predicted octanol–water partition coefficient (Wildman–Crippen LogP) is -4.26. The molecule has 1 fully saturated rings. The first-order chi connectivity index (χ1) is 6.49. The minimum Gasteiger partial charge on any atom is -0.388 e. The number of primary amides is 1. The number of rotatable bonds is 2. The summed E-state index contributed by atoms with van der Waals surface area (Å²) >= 11 is 0. The largest absolute Gasteiger partial charge is 0.388 e. The average molecular weight is 207 g/mol. The molecule has 0 aromatic heterocycles. The van der Waals surface area contributed by atoms with Crippen LogP contribution in [-0.4, -0.2) is 51.9 Å². The van der Waals surface area contributed by atoms with Crippen molar-refractivity contribution < 1.29 is 24.9 Å². The van der Waals surface area contributed by atoms with Crippen molar-refractivity contribution in [2.45, 2.75) is 30.6 Å². The van der Waals surface area contributed by atoms with Gasteiger partial charge in [-0.15, -0.1) is 0 Å². The molecule has 8 N–H and O–H groups in total. The van der Waals surface area contributed by atoms with Gasteiger partial charge >= 0.3 is 0 Å². The molecule has 1 aliphatic heterocycles. The summed E-state index contributed by atoms with van der Waals surface area (Å²) in [5, 5.41) is 27.6. The van der Waals surface area contributed by atoms with Crippen molar-refractivity contribution in [3.05, 3.63) is 0 Å². The summed E-state index contributed by atoms with van der Waals surface area (Å²) in [5.41, 5.74) is 7.03. The van der Waals surface area contributed by atoms with Crippen LogP contribution in [0.4, 0.5) is 0 Å². The first-order valence-corrected chi connectivity index (χ1v) is 3.94. The second kappa shape index (κ2) is 4.17. The lowest BCUT2D eigenvalue weighted by Crippen LogP contribution is -2.66. The minimum absolute atomic E-state index is 0.891. The summed E-state index contributed by atoms with van der Waals surface area (Å²) in [6.07, 6.45) is -5.91. The summed E-state index contributed by atoms with van der Waals surface area (Å²) in [6, 6.07) is -1.05. The zero-order valence-electron chi connectivity index (χ0n) is 7.20. The number of aliphatic hydroxyl groups is 3. The Hall–Kier alpha value is -0.770. The van der Waals surface area contributed by atoms with E-state index in [0.717, 1.165) is 0 Å². The van der Waals surface area contributed by atoms with Crippen LogP contribution in [-0.2, 0) is 9.53 Å². The Kier molecular flexibility index (Phi) is 3.37. The Morgan fingerprint density at radius 1 is 1.29 bits per heavy atom. The second-order valence-electron chi connectivity index (χ2n) is 3.02. The normalized spacial score (nSPS) is 43.6. The molecule has 0 aliphatic carbocycles. The van der Waals surface area contributed by atoms with Gasteiger partial charge in [-0.25, -0.2) is 0 Å². The highest BCUT2D eigenvalue weighted by atomic mass is 16.6. The van der Waals surface area contributed by atoms with E-state index in [2.05, 4.69) is 10.2 Å². The van der Waals surface area contributed by atoms with Crippen molar-refractivity contribution in [2.75, 3.05) is 0 Å². The van der Waals surface area contributed by atoms with Crippen LogP contribution < -0.4 is 17.0 Å². The third-order valence-corrected chi connectivity index (χ3v) is 2.10. The number of aliphatic hydroxyl groups excluding tert-OH is 3. The molecule has 0 bridgehead atoms. The van der Waals surface area contributed by atoms with Gasteiger partial charge in [-0.05, 0) is 0 Å². The third-order valence-electron chi connectivity index (χ3n) is 2.10. The van der Waals surface area contributed by atoms with Crippen LogP contribution in [0.15, 0.2) is 0 Å². The van der Waals surface area contributed by atoms with Crippen LogP contribution >= 0.6 is 0 Å². The van der Waals surface area contributed by atoms with E-state index in [-0.39, 0.29) is 0 Å². The Balaban J connectivity index is 2.82. The topological polar surface area (TPSA) is 151 Å². The maximum atomic E-state index is 10.8. The fourth-order valence-electron chi connectivity index (χ4n) is 1.31. The molecule has 0 radical (unpaired) electrons. The number of nitrogens with two attached hydrogens (primary N) is 2.